The Kier molecular flexibility index (Phi) is 6.42. The highest BCUT2D eigenvalue weighted by Crippen LogP contribution is 2.19. The van der Waals surface area contributed by atoms with E-state index in [1.807, 2.05) is 0 Å². The fourth-order valence-electron chi connectivity index (χ4n) is 2.18. The maximum atomic E-state index is 12.2. The van der Waals surface area contributed by atoms with Gasteiger partial charge in [0, 0.05) is 19.2 Å². The van der Waals surface area contributed by atoms with E-state index >= 15 is 0 Å². The Morgan fingerprint density at radius 2 is 2.24 bits per heavy atom. The van der Waals surface area contributed by atoms with Gasteiger partial charge in [0.1, 0.15) is 5.75 Å². The third-order valence-corrected chi connectivity index (χ3v) is 4.79. The summed E-state index contributed by atoms with van der Waals surface area (Å²) >= 11 is 0. The third kappa shape index (κ3) is 4.82. The van der Waals surface area contributed by atoms with E-state index in [4.69, 9.17) is 4.74 Å². The number of benzene rings is 1. The Morgan fingerprint density at radius 1 is 1.48 bits per heavy atom. The minimum Gasteiger partial charge on any atom is -0.497 e. The second-order valence-corrected chi connectivity index (χ2v) is 6.78. The molecule has 2 rings (SSSR count). The molecule has 0 amide bonds. The number of nitrogens with one attached hydrogen (secondary N) is 2. The van der Waals surface area contributed by atoms with Crippen LogP contribution in [0.25, 0.3) is 0 Å². The van der Waals surface area contributed by atoms with Crippen molar-refractivity contribution in [1.82, 2.24) is 10.0 Å². The zero-order valence-corrected chi connectivity index (χ0v) is 13.5. The van der Waals surface area contributed by atoms with Crippen molar-refractivity contribution in [3.8, 4) is 5.75 Å². The van der Waals surface area contributed by atoms with E-state index in [-0.39, 0.29) is 23.8 Å². The van der Waals surface area contributed by atoms with Gasteiger partial charge in [0.15, 0.2) is 0 Å². The number of rotatable bonds is 5. The normalized spacial score (nSPS) is 22.4. The molecule has 1 aromatic carbocycles. The molecule has 8 heteroatoms. The molecule has 120 valence electrons. The number of ether oxygens (including phenoxy) is 1. The molecule has 1 unspecified atom stereocenters. The maximum Gasteiger partial charge on any atom is 0.240 e. The summed E-state index contributed by atoms with van der Waals surface area (Å²) in [6, 6.07) is 6.24. The van der Waals surface area contributed by atoms with Gasteiger partial charge < -0.3 is 15.2 Å². The molecular formula is C13H21ClN2O4S. The number of methoxy groups -OCH3 is 1. The molecule has 3 N–H and O–H groups in total. The van der Waals surface area contributed by atoms with E-state index in [0.29, 0.717) is 18.7 Å². The molecule has 6 nitrogen and oxygen atoms in total. The first-order valence-electron chi connectivity index (χ1n) is 6.52. The first-order valence-corrected chi connectivity index (χ1v) is 8.00. The largest absolute Gasteiger partial charge is 0.497 e. The summed E-state index contributed by atoms with van der Waals surface area (Å²) < 4.78 is 31.9. The number of aliphatic hydroxyl groups is 1. The lowest BCUT2D eigenvalue weighted by atomic mass is 9.95. The molecule has 1 saturated heterocycles. The van der Waals surface area contributed by atoms with E-state index in [1.54, 1.807) is 12.1 Å². The van der Waals surface area contributed by atoms with E-state index in [2.05, 4.69) is 10.0 Å². The molecule has 1 heterocycles. The lowest BCUT2D eigenvalue weighted by Crippen LogP contribution is -2.52. The van der Waals surface area contributed by atoms with Gasteiger partial charge in [-0.2, -0.15) is 0 Å². The zero-order chi connectivity index (χ0) is 14.6. The van der Waals surface area contributed by atoms with Crippen molar-refractivity contribution in [3.05, 3.63) is 24.3 Å². The van der Waals surface area contributed by atoms with Crippen molar-refractivity contribution in [2.24, 2.45) is 0 Å². The Hall–Kier alpha value is -0.860. The maximum absolute atomic E-state index is 12.2. The predicted octanol–water partition coefficient (Wildman–Crippen LogP) is 0.510. The van der Waals surface area contributed by atoms with Crippen LogP contribution in [-0.2, 0) is 10.0 Å². The fraction of sp³-hybridized carbons (Fsp3) is 0.538. The molecule has 0 aromatic heterocycles. The summed E-state index contributed by atoms with van der Waals surface area (Å²) in [5, 5.41) is 13.3. The molecule has 21 heavy (non-hydrogen) atoms. The Bertz CT molecular complexity index is 559. The standard InChI is InChI=1S/C13H20N2O4S.ClH/c1-19-11-4-2-5-12(8-11)20(17,18)15-10-13(16)6-3-7-14-9-13;/h2,4-5,8,14-16H,3,6-7,9-10H2,1H3;1H. The summed E-state index contributed by atoms with van der Waals surface area (Å²) in [6.45, 7) is 1.25. The van der Waals surface area contributed by atoms with Crippen molar-refractivity contribution >= 4 is 22.4 Å². The summed E-state index contributed by atoms with van der Waals surface area (Å²) in [5.74, 6) is 0.478. The second-order valence-electron chi connectivity index (χ2n) is 5.01. The molecule has 0 aliphatic carbocycles. The number of halogens is 1. The quantitative estimate of drug-likeness (QED) is 0.729. The van der Waals surface area contributed by atoms with E-state index in [0.717, 1.165) is 13.0 Å². The minimum atomic E-state index is -3.65. The van der Waals surface area contributed by atoms with E-state index in [1.165, 1.54) is 19.2 Å². The number of hydrogen-bond acceptors (Lipinski definition) is 5. The number of hydrogen-bond donors (Lipinski definition) is 3. The Morgan fingerprint density at radius 3 is 2.86 bits per heavy atom. The average molecular weight is 337 g/mol. The monoisotopic (exact) mass is 336 g/mol. The van der Waals surface area contributed by atoms with Crippen molar-refractivity contribution < 1.29 is 18.3 Å². The molecule has 0 bridgehead atoms. The van der Waals surface area contributed by atoms with Gasteiger partial charge in [-0.3, -0.25) is 0 Å². The van der Waals surface area contributed by atoms with Crippen LogP contribution in [0.4, 0.5) is 0 Å². The molecule has 1 aliphatic heterocycles. The van der Waals surface area contributed by atoms with Crippen LogP contribution in [0.5, 0.6) is 5.75 Å². The van der Waals surface area contributed by atoms with E-state index < -0.39 is 15.6 Å². The van der Waals surface area contributed by atoms with Crippen LogP contribution in [-0.4, -0.2) is 45.9 Å². The molecule has 0 spiro atoms. The topological polar surface area (TPSA) is 87.7 Å². The van der Waals surface area contributed by atoms with Gasteiger partial charge in [-0.15, -0.1) is 12.4 Å². The van der Waals surface area contributed by atoms with E-state index in [9.17, 15) is 13.5 Å². The highest BCUT2D eigenvalue weighted by Gasteiger charge is 2.30. The molecule has 1 aliphatic rings. The second kappa shape index (κ2) is 7.42. The van der Waals surface area contributed by atoms with Gasteiger partial charge in [-0.25, -0.2) is 13.1 Å². The molecule has 0 saturated carbocycles. The molecule has 1 atom stereocenters. The van der Waals surface area contributed by atoms with Crippen LogP contribution < -0.4 is 14.8 Å². The van der Waals surface area contributed by atoms with Crippen molar-refractivity contribution in [1.29, 1.82) is 0 Å². The highest BCUT2D eigenvalue weighted by atomic mass is 35.5. The fourth-order valence-corrected chi connectivity index (χ4v) is 3.34. The number of sulfonamides is 1. The van der Waals surface area contributed by atoms with Gasteiger partial charge >= 0.3 is 0 Å². The van der Waals surface area contributed by atoms with Crippen molar-refractivity contribution in [2.45, 2.75) is 23.3 Å². The zero-order valence-electron chi connectivity index (χ0n) is 11.8. The molecule has 1 fully saturated rings. The number of β-amino-alcohol motifs (C(OH)–C–C–N with tert-alkyl or cyclic N) is 1. The summed E-state index contributed by atoms with van der Waals surface area (Å²) in [4.78, 5) is 0.129. The van der Waals surface area contributed by atoms with Crippen LogP contribution in [0, 0.1) is 0 Å². The molecular weight excluding hydrogens is 316 g/mol. The molecule has 1 aromatic rings. The Labute approximate surface area is 131 Å². The first-order chi connectivity index (χ1) is 9.45. The van der Waals surface area contributed by atoms with Crippen LogP contribution >= 0.6 is 12.4 Å². The van der Waals surface area contributed by atoms with Crippen LogP contribution in [0.15, 0.2) is 29.2 Å². The van der Waals surface area contributed by atoms with Crippen LogP contribution in [0.1, 0.15) is 12.8 Å². The first kappa shape index (κ1) is 18.2. The molecule has 0 radical (unpaired) electrons. The summed E-state index contributed by atoms with van der Waals surface area (Å²) in [7, 11) is -2.17. The lowest BCUT2D eigenvalue weighted by Gasteiger charge is -2.32. The lowest BCUT2D eigenvalue weighted by molar-refractivity contribution is 0.0218. The number of piperidine rings is 1. The summed E-state index contributed by atoms with van der Waals surface area (Å²) in [5.41, 5.74) is -1.02. The Balaban J connectivity index is 0.00000220. The third-order valence-electron chi connectivity index (χ3n) is 3.39. The van der Waals surface area contributed by atoms with Crippen molar-refractivity contribution in [3.63, 3.8) is 0 Å². The smallest absolute Gasteiger partial charge is 0.240 e. The SMILES string of the molecule is COc1cccc(S(=O)(=O)NCC2(O)CCCNC2)c1.Cl. The van der Waals surface area contributed by atoms with Gasteiger partial charge in [0.25, 0.3) is 0 Å². The van der Waals surface area contributed by atoms with Gasteiger partial charge in [0.2, 0.25) is 10.0 Å². The predicted molar refractivity (Wildman–Crippen MR) is 82.5 cm³/mol. The average Bonchev–Trinajstić information content (AvgIpc) is 2.46. The summed E-state index contributed by atoms with van der Waals surface area (Å²) in [6.07, 6.45) is 1.41. The van der Waals surface area contributed by atoms with Gasteiger partial charge in [0.05, 0.1) is 17.6 Å². The van der Waals surface area contributed by atoms with Crippen molar-refractivity contribution in [2.75, 3.05) is 26.7 Å². The van der Waals surface area contributed by atoms with Gasteiger partial charge in [-0.1, -0.05) is 6.07 Å². The highest BCUT2D eigenvalue weighted by molar-refractivity contribution is 7.89. The minimum absolute atomic E-state index is 0. The van der Waals surface area contributed by atoms with Crippen LogP contribution in [0.3, 0.4) is 0 Å². The van der Waals surface area contributed by atoms with Crippen LogP contribution in [0.2, 0.25) is 0 Å². The van der Waals surface area contributed by atoms with Gasteiger partial charge in [-0.05, 0) is 31.5 Å².